The van der Waals surface area contributed by atoms with Crippen molar-refractivity contribution in [1.82, 2.24) is 15.0 Å². The zero-order chi connectivity index (χ0) is 18.1. The number of aliphatic hydroxyl groups is 1. The zero-order valence-electron chi connectivity index (χ0n) is 15.1. The van der Waals surface area contributed by atoms with Gasteiger partial charge in [-0.2, -0.15) is 4.98 Å². The Balaban J connectivity index is 0.00000210. The molecule has 144 valence electrons. The number of piperidine rings is 3. The van der Waals surface area contributed by atoms with Crippen molar-refractivity contribution in [2.24, 2.45) is 5.92 Å². The molecule has 2 unspecified atom stereocenters. The van der Waals surface area contributed by atoms with Crippen LogP contribution in [0.3, 0.4) is 0 Å². The molecule has 0 radical (unpaired) electrons. The molecule has 5 rings (SSSR count). The predicted molar refractivity (Wildman–Crippen MR) is 108 cm³/mol. The highest BCUT2D eigenvalue weighted by atomic mass is 16.5. The molecule has 4 heterocycles. The van der Waals surface area contributed by atoms with E-state index in [-0.39, 0.29) is 20.6 Å². The third kappa shape index (κ3) is 3.94. The van der Waals surface area contributed by atoms with E-state index in [1.807, 2.05) is 24.3 Å². The lowest BCUT2D eigenvalue weighted by atomic mass is 9.81. The Morgan fingerprint density at radius 1 is 1.37 bits per heavy atom. The van der Waals surface area contributed by atoms with Crippen molar-refractivity contribution in [3.8, 4) is 17.1 Å². The van der Waals surface area contributed by atoms with E-state index < -0.39 is 0 Å². The molecule has 2 bridgehead atoms. The van der Waals surface area contributed by atoms with Crippen LogP contribution in [0.1, 0.15) is 24.3 Å². The van der Waals surface area contributed by atoms with E-state index in [0.717, 1.165) is 42.8 Å². The molecule has 1 aromatic heterocycles. The second-order valence-corrected chi connectivity index (χ2v) is 7.19. The first kappa shape index (κ1) is 19.6. The highest BCUT2D eigenvalue weighted by Gasteiger charge is 2.41. The summed E-state index contributed by atoms with van der Waals surface area (Å²) in [4.78, 5) is 6.64. The van der Waals surface area contributed by atoms with Crippen molar-refractivity contribution in [3.63, 3.8) is 0 Å². The Kier molecular flexibility index (Phi) is 6.02. The van der Waals surface area contributed by atoms with E-state index in [1.165, 1.54) is 0 Å². The summed E-state index contributed by atoms with van der Waals surface area (Å²) in [6.45, 7) is 8.24. The van der Waals surface area contributed by atoms with E-state index >= 15 is 0 Å². The van der Waals surface area contributed by atoms with Gasteiger partial charge >= 0.3 is 0 Å². The number of allylic oxidation sites excluding steroid dienone is 1. The third-order valence-corrected chi connectivity index (χ3v) is 5.54. The maximum Gasteiger partial charge on any atom is 0.223 e. The molecule has 0 spiro atoms. The minimum absolute atomic E-state index is 0. The Morgan fingerprint density at radius 3 is 2.78 bits per heavy atom. The number of fused-ring (bicyclic) bond motifs is 3. The summed E-state index contributed by atoms with van der Waals surface area (Å²) in [6.07, 6.45) is 4.45. The van der Waals surface area contributed by atoms with Crippen LogP contribution < -0.4 is 4.74 Å². The topological polar surface area (TPSA) is 71.6 Å². The number of aromatic nitrogens is 2. The molecule has 2 atom stereocenters. The molecule has 3 aliphatic rings. The summed E-state index contributed by atoms with van der Waals surface area (Å²) in [5.41, 5.74) is 1.93. The number of ether oxygens (including phenoxy) is 1. The number of benzene rings is 1. The van der Waals surface area contributed by atoms with Crippen molar-refractivity contribution >= 4 is 8.41 Å². The van der Waals surface area contributed by atoms with Crippen LogP contribution in [0.15, 0.2) is 35.4 Å². The van der Waals surface area contributed by atoms with E-state index in [4.69, 9.17) is 9.26 Å². The fourth-order valence-electron chi connectivity index (χ4n) is 4.09. The molecule has 1 aromatic carbocycles. The van der Waals surface area contributed by atoms with Gasteiger partial charge in [-0.3, -0.25) is 4.90 Å². The quantitative estimate of drug-likeness (QED) is 0.614. The standard InChI is InChI=1S/C20H25N3O3.BH3/c1-3-4-15-11-16(20-21-13(2)26-22-20)5-6-18(15)25-12-17-19(24)14-7-9-23(17)10-8-14;/h3,5-6,11,14,17,19,24H,1,4,7-10,12H2,2H3;1H3. The van der Waals surface area contributed by atoms with Crippen LogP contribution in [-0.2, 0) is 6.42 Å². The van der Waals surface area contributed by atoms with Gasteiger partial charge in [0.05, 0.1) is 20.6 Å². The van der Waals surface area contributed by atoms with Crippen molar-refractivity contribution in [2.75, 3.05) is 19.7 Å². The van der Waals surface area contributed by atoms with Crippen LogP contribution in [-0.4, -0.2) is 60.4 Å². The smallest absolute Gasteiger partial charge is 0.223 e. The predicted octanol–water partition coefficient (Wildman–Crippen LogP) is 1.42. The first-order chi connectivity index (χ1) is 12.7. The molecule has 0 aliphatic carbocycles. The number of aliphatic hydroxyl groups excluding tert-OH is 1. The minimum atomic E-state index is -0.290. The molecule has 7 heteroatoms. The number of hydrogen-bond donors (Lipinski definition) is 1. The van der Waals surface area contributed by atoms with Gasteiger partial charge in [0.2, 0.25) is 11.7 Å². The molecular weight excluding hydrogens is 341 g/mol. The van der Waals surface area contributed by atoms with Crippen molar-refractivity contribution in [1.29, 1.82) is 0 Å². The highest BCUT2D eigenvalue weighted by molar-refractivity contribution is 5.75. The average molecular weight is 369 g/mol. The summed E-state index contributed by atoms with van der Waals surface area (Å²) in [5, 5.41) is 14.5. The van der Waals surface area contributed by atoms with E-state index in [0.29, 0.717) is 30.7 Å². The van der Waals surface area contributed by atoms with Gasteiger partial charge in [-0.25, -0.2) is 0 Å². The summed E-state index contributed by atoms with van der Waals surface area (Å²) in [7, 11) is 0. The number of rotatable bonds is 6. The highest BCUT2D eigenvalue weighted by Crippen LogP contribution is 2.33. The fourth-order valence-corrected chi connectivity index (χ4v) is 4.09. The van der Waals surface area contributed by atoms with Crippen LogP contribution in [0.5, 0.6) is 5.75 Å². The number of aryl methyl sites for hydroxylation is 1. The van der Waals surface area contributed by atoms with E-state index in [1.54, 1.807) is 6.92 Å². The first-order valence-corrected chi connectivity index (χ1v) is 9.25. The van der Waals surface area contributed by atoms with Crippen LogP contribution in [0, 0.1) is 12.8 Å². The largest absolute Gasteiger partial charge is 0.492 e. The lowest BCUT2D eigenvalue weighted by Crippen LogP contribution is -2.59. The fraction of sp³-hybridized carbons (Fsp3) is 0.500. The molecule has 3 aliphatic heterocycles. The second-order valence-electron chi connectivity index (χ2n) is 7.19. The van der Waals surface area contributed by atoms with Gasteiger partial charge < -0.3 is 14.4 Å². The normalized spacial score (nSPS) is 26.4. The SMILES string of the molecule is B.C=CCc1cc(-c2noc(C)n2)ccc1OCC1C(O)C2CCN1CC2. The summed E-state index contributed by atoms with van der Waals surface area (Å²) >= 11 is 0. The lowest BCUT2D eigenvalue weighted by Gasteiger charge is -2.48. The molecule has 2 aromatic rings. The van der Waals surface area contributed by atoms with E-state index in [9.17, 15) is 5.11 Å². The molecule has 27 heavy (non-hydrogen) atoms. The monoisotopic (exact) mass is 369 g/mol. The minimum Gasteiger partial charge on any atom is -0.492 e. The van der Waals surface area contributed by atoms with E-state index in [2.05, 4.69) is 21.6 Å². The van der Waals surface area contributed by atoms with Crippen LogP contribution in [0.25, 0.3) is 11.4 Å². The van der Waals surface area contributed by atoms with Crippen molar-refractivity contribution in [2.45, 2.75) is 38.3 Å². The van der Waals surface area contributed by atoms with Crippen LogP contribution >= 0.6 is 0 Å². The Hall–Kier alpha value is -2.12. The number of nitrogens with zero attached hydrogens (tertiary/aromatic N) is 3. The molecule has 0 saturated carbocycles. The second kappa shape index (κ2) is 8.27. The van der Waals surface area contributed by atoms with Gasteiger partial charge in [0.15, 0.2) is 0 Å². The summed E-state index contributed by atoms with van der Waals surface area (Å²) in [6, 6.07) is 5.99. The summed E-state index contributed by atoms with van der Waals surface area (Å²) in [5.74, 6) is 2.36. The van der Waals surface area contributed by atoms with Gasteiger partial charge in [0, 0.05) is 12.5 Å². The van der Waals surface area contributed by atoms with Crippen LogP contribution in [0.2, 0.25) is 0 Å². The van der Waals surface area contributed by atoms with Gasteiger partial charge in [-0.05, 0) is 62.0 Å². The lowest BCUT2D eigenvalue weighted by molar-refractivity contribution is -0.0850. The third-order valence-electron chi connectivity index (χ3n) is 5.54. The summed E-state index contributed by atoms with van der Waals surface area (Å²) < 4.78 is 11.2. The van der Waals surface area contributed by atoms with Crippen molar-refractivity contribution < 1.29 is 14.4 Å². The van der Waals surface area contributed by atoms with Gasteiger partial charge in [0.1, 0.15) is 12.4 Å². The average Bonchev–Trinajstić information content (AvgIpc) is 3.09. The molecule has 3 fully saturated rings. The van der Waals surface area contributed by atoms with Crippen molar-refractivity contribution in [3.05, 3.63) is 42.3 Å². The Labute approximate surface area is 161 Å². The van der Waals surface area contributed by atoms with Gasteiger partial charge in [0.25, 0.3) is 0 Å². The first-order valence-electron chi connectivity index (χ1n) is 9.25. The maximum absolute atomic E-state index is 10.5. The maximum atomic E-state index is 10.5. The molecule has 0 amide bonds. The van der Waals surface area contributed by atoms with Gasteiger partial charge in [-0.1, -0.05) is 11.2 Å². The Bertz CT molecular complexity index is 785. The van der Waals surface area contributed by atoms with Crippen LogP contribution in [0.4, 0.5) is 0 Å². The molecular formula is C20H28BN3O3. The van der Waals surface area contributed by atoms with Gasteiger partial charge in [-0.15, -0.1) is 6.58 Å². The number of hydrogen-bond acceptors (Lipinski definition) is 6. The molecule has 1 N–H and O–H groups in total. The molecule has 3 saturated heterocycles. The molecule has 6 nitrogen and oxygen atoms in total. The zero-order valence-corrected chi connectivity index (χ0v) is 15.1. The Morgan fingerprint density at radius 2 is 2.15 bits per heavy atom.